The molecule has 0 saturated heterocycles. The Morgan fingerprint density at radius 2 is 2.04 bits per heavy atom. The summed E-state index contributed by atoms with van der Waals surface area (Å²) < 4.78 is 6.40. The fraction of sp³-hybridized carbons (Fsp3) is 0.176. The minimum atomic E-state index is -0.341. The van der Waals surface area contributed by atoms with Crippen LogP contribution in [0.1, 0.15) is 21.6 Å². The summed E-state index contributed by atoms with van der Waals surface area (Å²) in [5.41, 5.74) is 3.29. The van der Waals surface area contributed by atoms with Crippen LogP contribution in [0.4, 0.5) is 11.6 Å². The Morgan fingerprint density at radius 3 is 2.71 bits per heavy atom. The lowest BCUT2D eigenvalue weighted by Crippen LogP contribution is -2.02. The predicted molar refractivity (Wildman–Crippen MR) is 89.1 cm³/mol. The number of carbonyl (C=O) groups is 1. The van der Waals surface area contributed by atoms with Crippen molar-refractivity contribution in [1.82, 2.24) is 19.7 Å². The minimum Gasteiger partial charge on any atom is -0.465 e. The van der Waals surface area contributed by atoms with Crippen molar-refractivity contribution in [2.45, 2.75) is 6.42 Å². The zero-order chi connectivity index (χ0) is 16.9. The number of hydrogen-bond donors (Lipinski definition) is 1. The highest BCUT2D eigenvalue weighted by Gasteiger charge is 2.06. The second-order valence-electron chi connectivity index (χ2n) is 5.26. The van der Waals surface area contributed by atoms with Crippen LogP contribution in [-0.4, -0.2) is 32.8 Å². The van der Waals surface area contributed by atoms with E-state index in [-0.39, 0.29) is 5.97 Å². The van der Waals surface area contributed by atoms with Gasteiger partial charge < -0.3 is 10.1 Å². The molecule has 2 aromatic heterocycles. The maximum atomic E-state index is 11.4. The topological polar surface area (TPSA) is 81.9 Å². The Morgan fingerprint density at radius 1 is 1.25 bits per heavy atom. The lowest BCUT2D eigenvalue weighted by Gasteiger charge is -2.06. The summed E-state index contributed by atoms with van der Waals surface area (Å²) in [6, 6.07) is 9.14. The number of methoxy groups -OCH3 is 1. The molecule has 0 fully saturated rings. The first kappa shape index (κ1) is 15.7. The van der Waals surface area contributed by atoms with E-state index in [0.717, 1.165) is 16.9 Å². The highest BCUT2D eigenvalue weighted by Crippen LogP contribution is 2.14. The molecule has 0 aliphatic heterocycles. The molecule has 1 N–H and O–H groups in total. The Hall–Kier alpha value is -3.22. The van der Waals surface area contributed by atoms with Crippen molar-refractivity contribution < 1.29 is 9.53 Å². The number of carbonyl (C=O) groups excluding carboxylic acids is 1. The van der Waals surface area contributed by atoms with Gasteiger partial charge in [-0.25, -0.2) is 14.8 Å². The Labute approximate surface area is 139 Å². The number of rotatable bonds is 5. The van der Waals surface area contributed by atoms with Gasteiger partial charge in [0.15, 0.2) is 0 Å². The third-order valence-electron chi connectivity index (χ3n) is 3.43. The summed E-state index contributed by atoms with van der Waals surface area (Å²) in [7, 11) is 3.22. The van der Waals surface area contributed by atoms with Crippen molar-refractivity contribution in [2.75, 3.05) is 12.4 Å². The van der Waals surface area contributed by atoms with E-state index < -0.39 is 0 Å². The van der Waals surface area contributed by atoms with Crippen molar-refractivity contribution >= 4 is 17.6 Å². The largest absolute Gasteiger partial charge is 0.465 e. The fourth-order valence-electron chi connectivity index (χ4n) is 2.26. The van der Waals surface area contributed by atoms with Crippen LogP contribution >= 0.6 is 0 Å². The molecule has 0 saturated carbocycles. The van der Waals surface area contributed by atoms with E-state index in [0.29, 0.717) is 17.9 Å². The smallest absolute Gasteiger partial charge is 0.337 e. The number of aryl methyl sites for hydroxylation is 1. The van der Waals surface area contributed by atoms with Crippen LogP contribution in [0.3, 0.4) is 0 Å². The number of ether oxygens (including phenoxy) is 1. The number of nitrogens with zero attached hydrogens (tertiary/aromatic N) is 4. The molecule has 7 heteroatoms. The normalized spacial score (nSPS) is 10.4. The minimum absolute atomic E-state index is 0.341. The molecule has 122 valence electrons. The lowest BCUT2D eigenvalue weighted by atomic mass is 10.1. The predicted octanol–water partition coefficient (Wildman–Crippen LogP) is 2.33. The summed E-state index contributed by atoms with van der Waals surface area (Å²) in [4.78, 5) is 20.2. The first-order valence-corrected chi connectivity index (χ1v) is 7.39. The summed E-state index contributed by atoms with van der Waals surface area (Å²) in [5, 5.41) is 7.21. The van der Waals surface area contributed by atoms with Gasteiger partial charge in [0.2, 0.25) is 5.95 Å². The maximum Gasteiger partial charge on any atom is 0.337 e. The van der Waals surface area contributed by atoms with Crippen LogP contribution in [0.15, 0.2) is 48.9 Å². The molecular weight excluding hydrogens is 306 g/mol. The van der Waals surface area contributed by atoms with Crippen LogP contribution in [0.2, 0.25) is 0 Å². The monoisotopic (exact) mass is 323 g/mol. The summed E-state index contributed by atoms with van der Waals surface area (Å²) in [6.45, 7) is 0. The van der Waals surface area contributed by atoms with E-state index in [2.05, 4.69) is 20.4 Å². The van der Waals surface area contributed by atoms with Gasteiger partial charge in [0.25, 0.3) is 0 Å². The van der Waals surface area contributed by atoms with Crippen molar-refractivity contribution in [3.63, 3.8) is 0 Å². The molecule has 0 spiro atoms. The first-order valence-electron chi connectivity index (χ1n) is 7.39. The molecule has 3 aromatic rings. The third-order valence-corrected chi connectivity index (χ3v) is 3.43. The average molecular weight is 323 g/mol. The van der Waals surface area contributed by atoms with E-state index in [9.17, 15) is 4.79 Å². The quantitative estimate of drug-likeness (QED) is 0.726. The number of aromatic nitrogens is 4. The zero-order valence-electron chi connectivity index (χ0n) is 13.4. The fourth-order valence-corrected chi connectivity index (χ4v) is 2.26. The van der Waals surface area contributed by atoms with Gasteiger partial charge in [-0.2, -0.15) is 5.10 Å². The maximum absolute atomic E-state index is 11.4. The van der Waals surface area contributed by atoms with E-state index >= 15 is 0 Å². The number of hydrogen-bond acceptors (Lipinski definition) is 6. The van der Waals surface area contributed by atoms with Gasteiger partial charge in [0, 0.05) is 25.9 Å². The van der Waals surface area contributed by atoms with Crippen LogP contribution < -0.4 is 5.32 Å². The Kier molecular flexibility index (Phi) is 4.51. The molecule has 0 aliphatic rings. The number of esters is 1. The molecule has 7 nitrogen and oxygen atoms in total. The average Bonchev–Trinajstić information content (AvgIpc) is 3.00. The lowest BCUT2D eigenvalue weighted by molar-refractivity contribution is 0.0600. The molecule has 24 heavy (non-hydrogen) atoms. The van der Waals surface area contributed by atoms with Crippen molar-refractivity contribution in [1.29, 1.82) is 0 Å². The highest BCUT2D eigenvalue weighted by atomic mass is 16.5. The van der Waals surface area contributed by atoms with E-state index in [1.165, 1.54) is 7.11 Å². The second kappa shape index (κ2) is 6.91. The Balaban J connectivity index is 1.71. The molecule has 0 bridgehead atoms. The molecular formula is C17H17N5O2. The summed E-state index contributed by atoms with van der Waals surface area (Å²) in [5.74, 6) is 0.179. The third kappa shape index (κ3) is 3.75. The standard InChI is InChI=1S/C17H17N5O2/c1-22-11-15(10-19-22)21-17-18-8-7-14(20-17)9-12-3-5-13(6-4-12)16(23)24-2/h3-8,10-11H,9H2,1-2H3,(H,18,20,21). The van der Waals surface area contributed by atoms with Gasteiger partial charge in [0.1, 0.15) is 0 Å². The van der Waals surface area contributed by atoms with Crippen molar-refractivity contribution in [3.8, 4) is 0 Å². The second-order valence-corrected chi connectivity index (χ2v) is 5.26. The molecule has 1 aromatic carbocycles. The molecule has 3 rings (SSSR count). The van der Waals surface area contributed by atoms with Gasteiger partial charge in [-0.3, -0.25) is 4.68 Å². The van der Waals surface area contributed by atoms with Gasteiger partial charge in [0.05, 0.1) is 30.3 Å². The SMILES string of the molecule is COC(=O)c1ccc(Cc2ccnc(Nc3cnn(C)c3)n2)cc1. The molecule has 0 radical (unpaired) electrons. The highest BCUT2D eigenvalue weighted by molar-refractivity contribution is 5.89. The molecule has 0 amide bonds. The van der Waals surface area contributed by atoms with E-state index in [1.54, 1.807) is 29.2 Å². The molecule has 2 heterocycles. The van der Waals surface area contributed by atoms with Gasteiger partial charge in [-0.15, -0.1) is 0 Å². The van der Waals surface area contributed by atoms with Gasteiger partial charge >= 0.3 is 5.97 Å². The number of benzene rings is 1. The van der Waals surface area contributed by atoms with Crippen molar-refractivity contribution in [3.05, 3.63) is 65.7 Å². The molecule has 0 aliphatic carbocycles. The van der Waals surface area contributed by atoms with Crippen LogP contribution in [-0.2, 0) is 18.2 Å². The number of nitrogens with one attached hydrogen (secondary N) is 1. The van der Waals surface area contributed by atoms with Crippen LogP contribution in [0, 0.1) is 0 Å². The van der Waals surface area contributed by atoms with Crippen molar-refractivity contribution in [2.24, 2.45) is 7.05 Å². The summed E-state index contributed by atoms with van der Waals surface area (Å²) >= 11 is 0. The van der Waals surface area contributed by atoms with E-state index in [4.69, 9.17) is 4.74 Å². The van der Waals surface area contributed by atoms with Crippen LogP contribution in [0.5, 0.6) is 0 Å². The first-order chi connectivity index (χ1) is 11.6. The number of anilines is 2. The van der Waals surface area contributed by atoms with Crippen LogP contribution in [0.25, 0.3) is 0 Å². The Bertz CT molecular complexity index is 842. The summed E-state index contributed by atoms with van der Waals surface area (Å²) in [6.07, 6.45) is 5.92. The molecule has 0 unspecified atom stereocenters. The zero-order valence-corrected chi connectivity index (χ0v) is 13.4. The van der Waals surface area contributed by atoms with Gasteiger partial charge in [-0.05, 0) is 23.8 Å². The van der Waals surface area contributed by atoms with E-state index in [1.807, 2.05) is 31.4 Å². The van der Waals surface area contributed by atoms with Gasteiger partial charge in [-0.1, -0.05) is 12.1 Å². The molecule has 0 atom stereocenters.